The zero-order valence-electron chi connectivity index (χ0n) is 11.7. The second kappa shape index (κ2) is 6.89. The summed E-state index contributed by atoms with van der Waals surface area (Å²) in [5, 5.41) is 10.3. The molecule has 2 atom stereocenters. The average Bonchev–Trinajstić information content (AvgIpc) is 2.86. The van der Waals surface area contributed by atoms with Gasteiger partial charge in [0.15, 0.2) is 0 Å². The van der Waals surface area contributed by atoms with Gasteiger partial charge in [0.2, 0.25) is 0 Å². The molecule has 1 aliphatic rings. The van der Waals surface area contributed by atoms with Crippen LogP contribution in [-0.2, 0) is 4.74 Å². The monoisotopic (exact) mass is 265 g/mol. The number of hydrogen-bond acceptors (Lipinski definition) is 4. The number of aliphatic hydroxyl groups is 1. The molecule has 0 bridgehead atoms. The minimum atomic E-state index is -0.462. The Morgan fingerprint density at radius 2 is 2.26 bits per heavy atom. The highest BCUT2D eigenvalue weighted by atomic mass is 16.5. The SMILES string of the molecule is COCC1CCN(CC(O)c2cccc(OC)c2)C1. The van der Waals surface area contributed by atoms with E-state index in [1.807, 2.05) is 24.3 Å². The summed E-state index contributed by atoms with van der Waals surface area (Å²) in [6.45, 7) is 3.53. The number of aliphatic hydroxyl groups excluding tert-OH is 1. The Hall–Kier alpha value is -1.10. The van der Waals surface area contributed by atoms with Crippen molar-refractivity contribution in [1.29, 1.82) is 0 Å². The fourth-order valence-corrected chi connectivity index (χ4v) is 2.65. The summed E-state index contributed by atoms with van der Waals surface area (Å²) in [6, 6.07) is 7.64. The van der Waals surface area contributed by atoms with Crippen LogP contribution in [0.1, 0.15) is 18.1 Å². The molecule has 0 saturated carbocycles. The van der Waals surface area contributed by atoms with Crippen molar-refractivity contribution < 1.29 is 14.6 Å². The number of hydrogen-bond donors (Lipinski definition) is 1. The van der Waals surface area contributed by atoms with Crippen LogP contribution in [0.4, 0.5) is 0 Å². The summed E-state index contributed by atoms with van der Waals surface area (Å²) in [4.78, 5) is 2.30. The first-order valence-electron chi connectivity index (χ1n) is 6.76. The largest absolute Gasteiger partial charge is 0.497 e. The average molecular weight is 265 g/mol. The van der Waals surface area contributed by atoms with Crippen LogP contribution < -0.4 is 4.74 Å². The van der Waals surface area contributed by atoms with E-state index >= 15 is 0 Å². The summed E-state index contributed by atoms with van der Waals surface area (Å²) in [6.07, 6.45) is 0.690. The van der Waals surface area contributed by atoms with Gasteiger partial charge in [-0.25, -0.2) is 0 Å². The lowest BCUT2D eigenvalue weighted by Gasteiger charge is -2.20. The molecule has 0 spiro atoms. The fourth-order valence-electron chi connectivity index (χ4n) is 2.65. The molecule has 1 N–H and O–H groups in total. The van der Waals surface area contributed by atoms with Crippen molar-refractivity contribution in [1.82, 2.24) is 4.90 Å². The van der Waals surface area contributed by atoms with E-state index < -0.39 is 6.10 Å². The highest BCUT2D eigenvalue weighted by Gasteiger charge is 2.24. The van der Waals surface area contributed by atoms with Gasteiger partial charge in [0.1, 0.15) is 5.75 Å². The first-order valence-corrected chi connectivity index (χ1v) is 6.76. The van der Waals surface area contributed by atoms with E-state index in [0.717, 1.165) is 37.4 Å². The van der Waals surface area contributed by atoms with Gasteiger partial charge in [0, 0.05) is 20.2 Å². The van der Waals surface area contributed by atoms with Crippen molar-refractivity contribution in [2.24, 2.45) is 5.92 Å². The van der Waals surface area contributed by atoms with Crippen molar-refractivity contribution in [2.75, 3.05) is 40.5 Å². The lowest BCUT2D eigenvalue weighted by molar-refractivity contribution is 0.115. The Kier molecular flexibility index (Phi) is 5.19. The second-order valence-electron chi connectivity index (χ2n) is 5.16. The summed E-state index contributed by atoms with van der Waals surface area (Å²) >= 11 is 0. The van der Waals surface area contributed by atoms with Gasteiger partial charge in [-0.1, -0.05) is 12.1 Å². The number of methoxy groups -OCH3 is 2. The van der Waals surface area contributed by atoms with E-state index in [1.54, 1.807) is 14.2 Å². The molecule has 0 radical (unpaired) electrons. The summed E-state index contributed by atoms with van der Waals surface area (Å²) in [5.41, 5.74) is 0.912. The van der Waals surface area contributed by atoms with Gasteiger partial charge in [0.25, 0.3) is 0 Å². The first kappa shape index (κ1) is 14.3. The second-order valence-corrected chi connectivity index (χ2v) is 5.16. The van der Waals surface area contributed by atoms with Crippen LogP contribution in [0.3, 0.4) is 0 Å². The van der Waals surface area contributed by atoms with E-state index in [1.165, 1.54) is 0 Å². The van der Waals surface area contributed by atoms with Crippen LogP contribution in [0.25, 0.3) is 0 Å². The number of benzene rings is 1. The van der Waals surface area contributed by atoms with E-state index in [-0.39, 0.29) is 0 Å². The van der Waals surface area contributed by atoms with Crippen LogP contribution >= 0.6 is 0 Å². The zero-order valence-corrected chi connectivity index (χ0v) is 11.7. The number of nitrogens with zero attached hydrogens (tertiary/aromatic N) is 1. The highest BCUT2D eigenvalue weighted by molar-refractivity contribution is 5.29. The van der Waals surface area contributed by atoms with Gasteiger partial charge in [-0.05, 0) is 36.6 Å². The molecule has 106 valence electrons. The molecule has 0 amide bonds. The molecule has 4 nitrogen and oxygen atoms in total. The smallest absolute Gasteiger partial charge is 0.119 e. The Bertz CT molecular complexity index is 397. The molecular formula is C15H23NO3. The standard InChI is InChI=1S/C15H23NO3/c1-18-11-12-6-7-16(9-12)10-15(17)13-4-3-5-14(8-13)19-2/h3-5,8,12,15,17H,6-7,9-11H2,1-2H3. The van der Waals surface area contributed by atoms with Gasteiger partial charge < -0.3 is 19.5 Å². The molecule has 0 aromatic heterocycles. The van der Waals surface area contributed by atoms with Gasteiger partial charge in [-0.3, -0.25) is 0 Å². The van der Waals surface area contributed by atoms with Crippen LogP contribution in [0, 0.1) is 5.92 Å². The van der Waals surface area contributed by atoms with Gasteiger partial charge >= 0.3 is 0 Å². The quantitative estimate of drug-likeness (QED) is 0.850. The summed E-state index contributed by atoms with van der Waals surface area (Å²) in [5.74, 6) is 1.39. The van der Waals surface area contributed by atoms with Crippen molar-refractivity contribution in [3.05, 3.63) is 29.8 Å². The van der Waals surface area contributed by atoms with Crippen LogP contribution in [0.5, 0.6) is 5.75 Å². The summed E-state index contributed by atoms with van der Waals surface area (Å²) < 4.78 is 10.4. The number of ether oxygens (including phenoxy) is 2. The third kappa shape index (κ3) is 3.93. The Balaban J connectivity index is 1.88. The molecule has 1 aromatic carbocycles. The van der Waals surface area contributed by atoms with Crippen molar-refractivity contribution in [3.63, 3.8) is 0 Å². The minimum Gasteiger partial charge on any atom is -0.497 e. The maximum Gasteiger partial charge on any atom is 0.119 e. The molecule has 1 aliphatic heterocycles. The number of likely N-dealkylation sites (tertiary alicyclic amines) is 1. The molecule has 2 unspecified atom stereocenters. The van der Waals surface area contributed by atoms with Crippen molar-refractivity contribution in [3.8, 4) is 5.75 Å². The number of rotatable bonds is 6. The van der Waals surface area contributed by atoms with Crippen LogP contribution in [-0.4, -0.2) is 50.5 Å². The molecule has 1 aromatic rings. The molecule has 19 heavy (non-hydrogen) atoms. The molecule has 1 saturated heterocycles. The summed E-state index contributed by atoms with van der Waals surface area (Å²) in [7, 11) is 3.38. The zero-order chi connectivity index (χ0) is 13.7. The predicted molar refractivity (Wildman–Crippen MR) is 74.4 cm³/mol. The van der Waals surface area contributed by atoms with E-state index in [9.17, 15) is 5.11 Å². The number of β-amino-alcohol motifs (C(OH)–C–C–N with tert-alkyl or cyclic N) is 1. The fraction of sp³-hybridized carbons (Fsp3) is 0.600. The highest BCUT2D eigenvalue weighted by Crippen LogP contribution is 2.23. The van der Waals surface area contributed by atoms with Crippen LogP contribution in [0.2, 0.25) is 0 Å². The first-order chi connectivity index (χ1) is 9.22. The lowest BCUT2D eigenvalue weighted by Crippen LogP contribution is -2.27. The van der Waals surface area contributed by atoms with Gasteiger partial charge in [-0.15, -0.1) is 0 Å². The third-order valence-electron chi connectivity index (χ3n) is 3.68. The maximum absolute atomic E-state index is 10.3. The van der Waals surface area contributed by atoms with Crippen molar-refractivity contribution >= 4 is 0 Å². The molecule has 2 rings (SSSR count). The van der Waals surface area contributed by atoms with Crippen LogP contribution in [0.15, 0.2) is 24.3 Å². The van der Waals surface area contributed by atoms with Gasteiger partial charge in [-0.2, -0.15) is 0 Å². The lowest BCUT2D eigenvalue weighted by atomic mass is 10.1. The minimum absolute atomic E-state index is 0.462. The molecule has 0 aliphatic carbocycles. The molecule has 1 fully saturated rings. The van der Waals surface area contributed by atoms with Crippen molar-refractivity contribution in [2.45, 2.75) is 12.5 Å². The van der Waals surface area contributed by atoms with Gasteiger partial charge in [0.05, 0.1) is 19.8 Å². The maximum atomic E-state index is 10.3. The molecule has 1 heterocycles. The molecular weight excluding hydrogens is 242 g/mol. The normalized spacial score (nSPS) is 21.5. The van der Waals surface area contributed by atoms with E-state index in [2.05, 4.69) is 4.90 Å². The Morgan fingerprint density at radius 1 is 1.42 bits per heavy atom. The topological polar surface area (TPSA) is 41.9 Å². The predicted octanol–water partition coefficient (Wildman–Crippen LogP) is 1.70. The third-order valence-corrected chi connectivity index (χ3v) is 3.68. The van der Waals surface area contributed by atoms with E-state index in [4.69, 9.17) is 9.47 Å². The van der Waals surface area contributed by atoms with E-state index in [0.29, 0.717) is 12.5 Å². The molecule has 4 heteroatoms. The Morgan fingerprint density at radius 3 is 3.00 bits per heavy atom. The Labute approximate surface area is 114 Å².